The first-order valence-corrected chi connectivity index (χ1v) is 13.8. The highest BCUT2D eigenvalue weighted by atomic mass is 32.2. The van der Waals surface area contributed by atoms with E-state index in [-0.39, 0.29) is 23.8 Å². The van der Waals surface area contributed by atoms with Gasteiger partial charge in [-0.3, -0.25) is 14.4 Å². The van der Waals surface area contributed by atoms with Crippen LogP contribution >= 0.6 is 11.8 Å². The number of hydrogen-bond acceptors (Lipinski definition) is 6. The van der Waals surface area contributed by atoms with E-state index in [9.17, 15) is 14.4 Å². The number of amides is 2. The number of benzene rings is 1. The molecule has 3 fully saturated rings. The third-order valence-corrected chi connectivity index (χ3v) is 8.30. The van der Waals surface area contributed by atoms with Crippen LogP contribution in [0.4, 0.5) is 0 Å². The zero-order chi connectivity index (χ0) is 24.6. The first-order valence-electron chi connectivity index (χ1n) is 12.8. The van der Waals surface area contributed by atoms with Crippen LogP contribution in [0.1, 0.15) is 63.5 Å². The lowest BCUT2D eigenvalue weighted by atomic mass is 9.85. The minimum atomic E-state index is -0.843. The molecule has 4 rings (SSSR count). The van der Waals surface area contributed by atoms with Gasteiger partial charge in [-0.1, -0.05) is 61.4 Å². The molecule has 2 amide bonds. The molecule has 0 bridgehead atoms. The van der Waals surface area contributed by atoms with Crippen molar-refractivity contribution in [1.29, 1.82) is 0 Å². The average Bonchev–Trinajstić information content (AvgIpc) is 3.39. The second-order valence-corrected chi connectivity index (χ2v) is 10.7. The van der Waals surface area contributed by atoms with Crippen molar-refractivity contribution < 1.29 is 19.1 Å². The number of Topliss-reactive ketones (excluding diaryl/α,β-unsaturated/α-hetero) is 1. The number of rotatable bonds is 8. The van der Waals surface area contributed by atoms with Gasteiger partial charge in [0.15, 0.2) is 5.17 Å². The highest BCUT2D eigenvalue weighted by Crippen LogP contribution is 2.29. The summed E-state index contributed by atoms with van der Waals surface area (Å²) in [7, 11) is 0. The molecular formula is C26H36N4O4S. The Morgan fingerprint density at radius 3 is 2.49 bits per heavy atom. The number of ether oxygens (including phenoxy) is 1. The Hall–Kier alpha value is -2.39. The second kappa shape index (κ2) is 12.5. The topological polar surface area (TPSA) is 100 Å². The number of hydrazone groups is 1. The van der Waals surface area contributed by atoms with Crippen molar-refractivity contribution in [2.75, 3.05) is 25.5 Å². The Morgan fingerprint density at radius 1 is 1.06 bits per heavy atom. The summed E-state index contributed by atoms with van der Waals surface area (Å²) in [6, 6.07) is 9.39. The number of hydrogen-bond donors (Lipinski definition) is 2. The number of nitrogens with zero attached hydrogens (tertiary/aromatic N) is 2. The molecule has 2 heterocycles. The standard InChI is InChI=1S/C26H36N4O4S/c1-18(19-8-4-2-5-9-19)30-14-17-35-26(30)29-28-25(33)23(31)22(20-12-15-34-16-13-20)27-24(32)21-10-6-3-7-11-21/h2,4-5,8-9,18,20-22H,3,6-7,10-17H2,1H3,(H,27,32)(H,28,33)/t18-,22?/m1/s1. The number of amidine groups is 1. The van der Waals surface area contributed by atoms with Crippen LogP contribution in [0.5, 0.6) is 0 Å². The van der Waals surface area contributed by atoms with E-state index in [4.69, 9.17) is 4.74 Å². The largest absolute Gasteiger partial charge is 0.381 e. The molecule has 35 heavy (non-hydrogen) atoms. The van der Waals surface area contributed by atoms with Crippen molar-refractivity contribution in [3.05, 3.63) is 35.9 Å². The van der Waals surface area contributed by atoms with Gasteiger partial charge in [0, 0.05) is 31.4 Å². The molecule has 1 unspecified atom stereocenters. The molecule has 1 aromatic carbocycles. The van der Waals surface area contributed by atoms with E-state index in [1.165, 1.54) is 0 Å². The van der Waals surface area contributed by atoms with Gasteiger partial charge in [-0.05, 0) is 44.1 Å². The molecule has 190 valence electrons. The van der Waals surface area contributed by atoms with Gasteiger partial charge in [0.25, 0.3) is 0 Å². The van der Waals surface area contributed by atoms with E-state index >= 15 is 0 Å². The van der Waals surface area contributed by atoms with Crippen molar-refractivity contribution in [1.82, 2.24) is 15.6 Å². The van der Waals surface area contributed by atoms with Gasteiger partial charge in [-0.15, -0.1) is 5.10 Å². The van der Waals surface area contributed by atoms with E-state index in [0.29, 0.717) is 31.2 Å². The van der Waals surface area contributed by atoms with Crippen LogP contribution in [0.25, 0.3) is 0 Å². The molecule has 9 heteroatoms. The predicted octanol–water partition coefficient (Wildman–Crippen LogP) is 3.24. The van der Waals surface area contributed by atoms with Crippen molar-refractivity contribution >= 4 is 34.5 Å². The van der Waals surface area contributed by atoms with Crippen molar-refractivity contribution in [3.8, 4) is 0 Å². The molecule has 1 saturated carbocycles. The van der Waals surface area contributed by atoms with Crippen molar-refractivity contribution in [2.24, 2.45) is 16.9 Å². The summed E-state index contributed by atoms with van der Waals surface area (Å²) in [6.45, 7) is 3.97. The van der Waals surface area contributed by atoms with Crippen LogP contribution in [0.15, 0.2) is 35.4 Å². The lowest BCUT2D eigenvalue weighted by Crippen LogP contribution is -2.53. The molecule has 2 atom stereocenters. The minimum Gasteiger partial charge on any atom is -0.381 e. The fraction of sp³-hybridized carbons (Fsp3) is 0.615. The molecule has 1 aromatic rings. The number of carbonyl (C=O) groups excluding carboxylic acids is 3. The van der Waals surface area contributed by atoms with Gasteiger partial charge in [-0.25, -0.2) is 5.43 Å². The third kappa shape index (κ3) is 6.64. The zero-order valence-corrected chi connectivity index (χ0v) is 21.2. The Kier molecular flexibility index (Phi) is 9.20. The number of ketones is 1. The van der Waals surface area contributed by atoms with Gasteiger partial charge in [-0.2, -0.15) is 0 Å². The fourth-order valence-corrected chi connectivity index (χ4v) is 6.15. The van der Waals surface area contributed by atoms with Crippen LogP contribution in [-0.2, 0) is 19.1 Å². The second-order valence-electron chi connectivity index (χ2n) is 9.60. The van der Waals surface area contributed by atoms with Crippen LogP contribution in [0, 0.1) is 11.8 Å². The highest BCUT2D eigenvalue weighted by Gasteiger charge is 2.36. The highest BCUT2D eigenvalue weighted by molar-refractivity contribution is 8.14. The number of carbonyl (C=O) groups is 3. The molecule has 1 aliphatic carbocycles. The van der Waals surface area contributed by atoms with E-state index in [0.717, 1.165) is 50.0 Å². The smallest absolute Gasteiger partial charge is 0.309 e. The van der Waals surface area contributed by atoms with E-state index < -0.39 is 17.7 Å². The van der Waals surface area contributed by atoms with Gasteiger partial charge >= 0.3 is 5.91 Å². The average molecular weight is 501 g/mol. The molecule has 8 nitrogen and oxygen atoms in total. The Balaban J connectivity index is 1.42. The maximum atomic E-state index is 13.2. The van der Waals surface area contributed by atoms with Gasteiger partial charge < -0.3 is 15.0 Å². The van der Waals surface area contributed by atoms with Gasteiger partial charge in [0.2, 0.25) is 11.7 Å². The molecular weight excluding hydrogens is 464 g/mol. The summed E-state index contributed by atoms with van der Waals surface area (Å²) >= 11 is 1.56. The van der Waals surface area contributed by atoms with Gasteiger partial charge in [0.05, 0.1) is 6.04 Å². The van der Waals surface area contributed by atoms with Crippen LogP contribution in [-0.4, -0.2) is 59.2 Å². The molecule has 2 N–H and O–H groups in total. The third-order valence-electron chi connectivity index (χ3n) is 7.33. The quantitative estimate of drug-likeness (QED) is 0.420. The van der Waals surface area contributed by atoms with Crippen LogP contribution in [0.2, 0.25) is 0 Å². The molecule has 2 aliphatic heterocycles. The van der Waals surface area contributed by atoms with Crippen LogP contribution in [0.3, 0.4) is 0 Å². The normalized spacial score (nSPS) is 22.5. The predicted molar refractivity (Wildman–Crippen MR) is 137 cm³/mol. The lowest BCUT2D eigenvalue weighted by Gasteiger charge is -2.31. The Bertz CT molecular complexity index is 913. The summed E-state index contributed by atoms with van der Waals surface area (Å²) in [5.41, 5.74) is 3.65. The summed E-state index contributed by atoms with van der Waals surface area (Å²) in [5.74, 6) is -0.846. The molecule has 0 radical (unpaired) electrons. The monoisotopic (exact) mass is 500 g/mol. The van der Waals surface area contributed by atoms with E-state index in [1.807, 2.05) is 18.2 Å². The summed E-state index contributed by atoms with van der Waals surface area (Å²) < 4.78 is 5.44. The SMILES string of the molecule is C[C@H](c1ccccc1)N1CCSC1=NNC(=O)C(=O)C(NC(=O)C1CCCCC1)C1CCOCC1. The summed E-state index contributed by atoms with van der Waals surface area (Å²) in [4.78, 5) is 41.2. The molecule has 3 aliphatic rings. The fourth-order valence-electron chi connectivity index (χ4n) is 5.16. The van der Waals surface area contributed by atoms with E-state index in [2.05, 4.69) is 39.8 Å². The summed E-state index contributed by atoms with van der Waals surface area (Å²) in [5, 5.41) is 7.95. The lowest BCUT2D eigenvalue weighted by molar-refractivity contribution is -0.142. The summed E-state index contributed by atoms with van der Waals surface area (Å²) in [6.07, 6.45) is 6.17. The molecule has 0 spiro atoms. The Labute approximate surface area is 211 Å². The number of nitrogens with one attached hydrogen (secondary N) is 2. The molecule has 2 saturated heterocycles. The first-order chi connectivity index (χ1) is 17.0. The Morgan fingerprint density at radius 2 is 1.77 bits per heavy atom. The van der Waals surface area contributed by atoms with Crippen LogP contribution < -0.4 is 10.7 Å². The molecule has 0 aromatic heterocycles. The van der Waals surface area contributed by atoms with Crippen molar-refractivity contribution in [3.63, 3.8) is 0 Å². The van der Waals surface area contributed by atoms with E-state index in [1.54, 1.807) is 11.8 Å². The maximum absolute atomic E-state index is 13.2. The van der Waals surface area contributed by atoms with Gasteiger partial charge in [0.1, 0.15) is 6.04 Å². The first kappa shape index (κ1) is 25.7. The number of thioether (sulfide) groups is 1. The maximum Gasteiger partial charge on any atom is 0.309 e. The minimum absolute atomic E-state index is 0.0786. The van der Waals surface area contributed by atoms with Crippen molar-refractivity contribution in [2.45, 2.75) is 64.0 Å². The zero-order valence-electron chi connectivity index (χ0n) is 20.4.